The molecule has 0 bridgehead atoms. The molecule has 2 aromatic rings. The second-order valence-corrected chi connectivity index (χ2v) is 8.12. The zero-order valence-corrected chi connectivity index (χ0v) is 14.9. The van der Waals surface area contributed by atoms with Gasteiger partial charge in [0.05, 0.1) is 12.8 Å². The molecule has 0 atom stereocenters. The lowest BCUT2D eigenvalue weighted by Crippen LogP contribution is -2.17. The van der Waals surface area contributed by atoms with E-state index in [0.29, 0.717) is 5.75 Å². The average Bonchev–Trinajstić information content (AvgIpc) is 2.68. The van der Waals surface area contributed by atoms with Crippen LogP contribution < -0.4 is 4.74 Å². The number of hydrogen-bond donors (Lipinski definition) is 1. The quantitative estimate of drug-likeness (QED) is 0.807. The molecule has 3 nitrogen and oxygen atoms in total. The Morgan fingerprint density at radius 1 is 1.17 bits per heavy atom. The van der Waals surface area contributed by atoms with Gasteiger partial charge in [-0.15, -0.1) is 11.8 Å². The van der Waals surface area contributed by atoms with E-state index in [1.807, 2.05) is 36.0 Å². The van der Waals surface area contributed by atoms with E-state index in [9.17, 15) is 5.11 Å². The van der Waals surface area contributed by atoms with Crippen LogP contribution in [0.5, 0.6) is 11.5 Å². The maximum absolute atomic E-state index is 9.69. The van der Waals surface area contributed by atoms with Crippen LogP contribution in [0, 0.1) is 0 Å². The molecule has 2 aromatic carbocycles. The summed E-state index contributed by atoms with van der Waals surface area (Å²) >= 11 is 1.87. The predicted octanol–water partition coefficient (Wildman–Crippen LogP) is 5.46. The normalized spacial score (nSPS) is 16.4. The fraction of sp³-hybridized carbons (Fsp3) is 0.250. The van der Waals surface area contributed by atoms with Crippen molar-refractivity contribution in [2.24, 2.45) is 4.99 Å². The Kier molecular flexibility index (Phi) is 4.67. The number of aromatic hydroxyl groups is 1. The van der Waals surface area contributed by atoms with Gasteiger partial charge in [0.1, 0.15) is 0 Å². The van der Waals surface area contributed by atoms with E-state index < -0.39 is 0 Å². The first-order valence-corrected chi connectivity index (χ1v) is 8.69. The minimum Gasteiger partial charge on any atom is -0.504 e. The molecule has 0 radical (unpaired) electrons. The van der Waals surface area contributed by atoms with Gasteiger partial charge in [0.15, 0.2) is 11.5 Å². The predicted molar refractivity (Wildman–Crippen MR) is 102 cm³/mol. The molecule has 0 aromatic heterocycles. The Morgan fingerprint density at radius 2 is 1.96 bits per heavy atom. The number of allylic oxidation sites excluding steroid dienone is 1. The van der Waals surface area contributed by atoms with Crippen molar-refractivity contribution < 1.29 is 9.84 Å². The smallest absolute Gasteiger partial charge is 0.161 e. The van der Waals surface area contributed by atoms with Crippen molar-refractivity contribution in [1.82, 2.24) is 0 Å². The second kappa shape index (κ2) is 6.73. The molecule has 0 amide bonds. The summed E-state index contributed by atoms with van der Waals surface area (Å²) < 4.78 is 5.25. The lowest BCUT2D eigenvalue weighted by Gasteiger charge is -2.21. The van der Waals surface area contributed by atoms with Crippen molar-refractivity contribution in [3.8, 4) is 11.5 Å². The first-order valence-electron chi connectivity index (χ1n) is 7.87. The van der Waals surface area contributed by atoms with Crippen molar-refractivity contribution in [2.75, 3.05) is 7.11 Å². The number of fused-ring (bicyclic) bond motifs is 1. The monoisotopic (exact) mass is 339 g/mol. The summed E-state index contributed by atoms with van der Waals surface area (Å²) in [6.07, 6.45) is 4.95. The van der Waals surface area contributed by atoms with Crippen LogP contribution in [0.2, 0.25) is 0 Å². The molecule has 0 aliphatic carbocycles. The highest BCUT2D eigenvalue weighted by Crippen LogP contribution is 2.43. The van der Waals surface area contributed by atoms with Crippen LogP contribution in [0.25, 0.3) is 6.08 Å². The molecule has 0 spiro atoms. The number of hydrogen-bond acceptors (Lipinski definition) is 4. The lowest BCUT2D eigenvalue weighted by atomic mass is 10.0. The van der Waals surface area contributed by atoms with Crippen LogP contribution in [-0.4, -0.2) is 22.7 Å². The van der Waals surface area contributed by atoms with Crippen LogP contribution >= 0.6 is 11.8 Å². The summed E-state index contributed by atoms with van der Waals surface area (Å²) in [5, 5.41) is 9.69. The van der Waals surface area contributed by atoms with E-state index in [-0.39, 0.29) is 10.5 Å². The molecule has 0 saturated carbocycles. The fourth-order valence-electron chi connectivity index (χ4n) is 2.69. The first-order chi connectivity index (χ1) is 11.5. The molecule has 1 aliphatic heterocycles. The third-order valence-corrected chi connectivity index (χ3v) is 5.06. The van der Waals surface area contributed by atoms with Gasteiger partial charge in [-0.1, -0.05) is 24.3 Å². The standard InChI is InChI=1S/C20H21NO2S/c1-20(2)13-15(21-16-6-4-5-7-19(16)24-20)10-8-14-9-11-17(22)18(12-14)23-3/h4-12,22H,13H2,1-3H3. The van der Waals surface area contributed by atoms with Crippen LogP contribution in [-0.2, 0) is 0 Å². The number of phenolic OH excluding ortho intramolecular Hbond substituents is 1. The van der Waals surface area contributed by atoms with Crippen LogP contribution in [0.3, 0.4) is 0 Å². The van der Waals surface area contributed by atoms with Gasteiger partial charge < -0.3 is 9.84 Å². The average molecular weight is 339 g/mol. The van der Waals surface area contributed by atoms with Crippen LogP contribution in [0.4, 0.5) is 5.69 Å². The Balaban J connectivity index is 1.92. The van der Waals surface area contributed by atoms with Gasteiger partial charge in [-0.3, -0.25) is 4.99 Å². The van der Waals surface area contributed by atoms with E-state index in [1.54, 1.807) is 13.2 Å². The van der Waals surface area contributed by atoms with Gasteiger partial charge in [0.25, 0.3) is 0 Å². The molecular weight excluding hydrogens is 318 g/mol. The number of ether oxygens (including phenoxy) is 1. The van der Waals surface area contributed by atoms with E-state index in [4.69, 9.17) is 9.73 Å². The maximum atomic E-state index is 9.69. The molecule has 24 heavy (non-hydrogen) atoms. The Morgan fingerprint density at radius 3 is 2.75 bits per heavy atom. The number of thioether (sulfide) groups is 1. The Hall–Kier alpha value is -2.20. The van der Waals surface area contributed by atoms with Gasteiger partial charge in [-0.2, -0.15) is 0 Å². The van der Waals surface area contributed by atoms with Crippen molar-refractivity contribution in [2.45, 2.75) is 29.9 Å². The molecule has 1 N–H and O–H groups in total. The lowest BCUT2D eigenvalue weighted by molar-refractivity contribution is 0.373. The molecule has 1 heterocycles. The first kappa shape index (κ1) is 16.7. The molecule has 0 unspecified atom stereocenters. The van der Waals surface area contributed by atoms with Crippen molar-refractivity contribution in [3.05, 3.63) is 54.1 Å². The van der Waals surface area contributed by atoms with Gasteiger partial charge in [-0.25, -0.2) is 0 Å². The van der Waals surface area contributed by atoms with E-state index in [1.165, 1.54) is 4.90 Å². The van der Waals surface area contributed by atoms with Gasteiger partial charge in [0.2, 0.25) is 0 Å². The minimum absolute atomic E-state index is 0.0857. The highest BCUT2D eigenvalue weighted by molar-refractivity contribution is 8.00. The number of nitrogens with zero attached hydrogens (tertiary/aromatic N) is 1. The van der Waals surface area contributed by atoms with Crippen molar-refractivity contribution in [3.63, 3.8) is 0 Å². The van der Waals surface area contributed by atoms with E-state index >= 15 is 0 Å². The summed E-state index contributed by atoms with van der Waals surface area (Å²) in [5.74, 6) is 0.620. The third kappa shape index (κ3) is 3.82. The molecule has 0 saturated heterocycles. The molecule has 4 heteroatoms. The van der Waals surface area contributed by atoms with E-state index in [0.717, 1.165) is 23.4 Å². The van der Waals surface area contributed by atoms with Gasteiger partial charge in [-0.05, 0) is 49.8 Å². The molecule has 0 fully saturated rings. The van der Waals surface area contributed by atoms with Crippen LogP contribution in [0.1, 0.15) is 25.8 Å². The number of para-hydroxylation sites is 1. The number of aliphatic imine (C=N–C) groups is 1. The number of rotatable bonds is 3. The third-order valence-electron chi connectivity index (χ3n) is 3.79. The summed E-state index contributed by atoms with van der Waals surface area (Å²) in [4.78, 5) is 6.06. The maximum Gasteiger partial charge on any atom is 0.161 e. The number of benzene rings is 2. The number of phenols is 1. The molecule has 1 aliphatic rings. The summed E-state index contributed by atoms with van der Waals surface area (Å²) in [6.45, 7) is 4.49. The Bertz CT molecular complexity index is 809. The highest BCUT2D eigenvalue weighted by Gasteiger charge is 2.25. The summed E-state index contributed by atoms with van der Waals surface area (Å²) in [7, 11) is 1.55. The second-order valence-electron chi connectivity index (χ2n) is 6.37. The van der Waals surface area contributed by atoms with Gasteiger partial charge >= 0.3 is 0 Å². The van der Waals surface area contributed by atoms with Crippen molar-refractivity contribution in [1.29, 1.82) is 0 Å². The van der Waals surface area contributed by atoms with Gasteiger partial charge in [0, 0.05) is 21.8 Å². The van der Waals surface area contributed by atoms with Crippen LogP contribution in [0.15, 0.2) is 58.4 Å². The highest BCUT2D eigenvalue weighted by atomic mass is 32.2. The topological polar surface area (TPSA) is 41.8 Å². The van der Waals surface area contributed by atoms with E-state index in [2.05, 4.69) is 38.1 Å². The zero-order valence-electron chi connectivity index (χ0n) is 14.1. The molecule has 124 valence electrons. The zero-order chi connectivity index (χ0) is 17.2. The molecular formula is C20H21NO2S. The minimum atomic E-state index is 0.0857. The fourth-order valence-corrected chi connectivity index (χ4v) is 3.87. The Labute approximate surface area is 147 Å². The summed E-state index contributed by atoms with van der Waals surface area (Å²) in [6, 6.07) is 13.6. The summed E-state index contributed by atoms with van der Waals surface area (Å²) in [5.41, 5.74) is 3.04. The molecule has 3 rings (SSSR count). The largest absolute Gasteiger partial charge is 0.504 e. The van der Waals surface area contributed by atoms with Crippen molar-refractivity contribution >= 4 is 29.2 Å². The SMILES string of the molecule is COc1cc(C=CC2=Nc3ccccc3SC(C)(C)C2)ccc1O. The number of methoxy groups -OCH3 is 1.